The van der Waals surface area contributed by atoms with Crippen LogP contribution < -0.4 is 9.62 Å². The Bertz CT molecular complexity index is 792. The van der Waals surface area contributed by atoms with E-state index >= 15 is 0 Å². The lowest BCUT2D eigenvalue weighted by molar-refractivity contribution is -0.119. The number of benzene rings is 1. The van der Waals surface area contributed by atoms with Gasteiger partial charge < -0.3 is 10.0 Å². The number of nitrogens with one attached hydrogen (secondary N) is 1. The Morgan fingerprint density at radius 3 is 2.52 bits per heavy atom. The van der Waals surface area contributed by atoms with Crippen molar-refractivity contribution in [2.75, 3.05) is 25.1 Å². The van der Waals surface area contributed by atoms with Crippen LogP contribution in [0.25, 0.3) is 0 Å². The van der Waals surface area contributed by atoms with Crippen LogP contribution in [0, 0.1) is 5.41 Å². The second-order valence-electron chi connectivity index (χ2n) is 8.03. The number of sulfonamides is 1. The molecule has 6 nitrogen and oxygen atoms in total. The first-order valence-electron chi connectivity index (χ1n) is 8.62. The number of amides is 1. The minimum Gasteiger partial charge on any atom is -0.396 e. The number of carbonyl (C=O) groups is 1. The molecule has 1 aromatic rings. The van der Waals surface area contributed by atoms with Gasteiger partial charge in [0.25, 0.3) is 0 Å². The smallest absolute Gasteiger partial charge is 0.240 e. The molecular weight excluding hydrogens is 340 g/mol. The molecule has 0 radical (unpaired) electrons. The highest BCUT2D eigenvalue weighted by Crippen LogP contribution is 2.41. The topological polar surface area (TPSA) is 86.7 Å². The predicted octanol–water partition coefficient (Wildman–Crippen LogP) is 1.77. The number of anilines is 1. The van der Waals surface area contributed by atoms with Crippen LogP contribution in [-0.2, 0) is 20.2 Å². The van der Waals surface area contributed by atoms with Gasteiger partial charge in [-0.05, 0) is 36.6 Å². The molecular formula is C18H26N2O4S. The summed E-state index contributed by atoms with van der Waals surface area (Å²) in [5.74, 6) is 0.0288. The van der Waals surface area contributed by atoms with Gasteiger partial charge in [0.15, 0.2) is 0 Å². The Hall–Kier alpha value is -1.44. The highest BCUT2D eigenvalue weighted by atomic mass is 32.2. The van der Waals surface area contributed by atoms with E-state index in [4.69, 9.17) is 0 Å². The molecule has 0 unspecified atom stereocenters. The van der Waals surface area contributed by atoms with E-state index in [9.17, 15) is 18.3 Å². The number of aliphatic hydroxyl groups is 1. The van der Waals surface area contributed by atoms with Crippen LogP contribution in [0.2, 0.25) is 0 Å². The summed E-state index contributed by atoms with van der Waals surface area (Å²) in [6.45, 7) is 4.16. The van der Waals surface area contributed by atoms with Gasteiger partial charge >= 0.3 is 0 Å². The van der Waals surface area contributed by atoms with Crippen LogP contribution in [-0.4, -0.2) is 39.6 Å². The molecule has 1 aromatic carbocycles. The minimum absolute atomic E-state index is 0.000352. The monoisotopic (exact) mass is 366 g/mol. The molecule has 1 amide bonds. The molecule has 1 saturated carbocycles. The van der Waals surface area contributed by atoms with Crippen molar-refractivity contribution in [1.29, 1.82) is 0 Å². The zero-order valence-electron chi connectivity index (χ0n) is 15.0. The number of hydrogen-bond donors (Lipinski definition) is 2. The normalized spacial score (nSPS) is 21.6. The van der Waals surface area contributed by atoms with Gasteiger partial charge in [-0.3, -0.25) is 4.79 Å². The van der Waals surface area contributed by atoms with Crippen molar-refractivity contribution in [2.24, 2.45) is 5.41 Å². The van der Waals surface area contributed by atoms with Crippen molar-refractivity contribution >= 4 is 21.6 Å². The largest absolute Gasteiger partial charge is 0.396 e. The molecule has 25 heavy (non-hydrogen) atoms. The van der Waals surface area contributed by atoms with E-state index in [2.05, 4.69) is 4.72 Å². The van der Waals surface area contributed by atoms with E-state index in [0.717, 1.165) is 30.5 Å². The van der Waals surface area contributed by atoms with Gasteiger partial charge in [-0.25, -0.2) is 13.1 Å². The molecule has 0 aromatic heterocycles. The van der Waals surface area contributed by atoms with Crippen molar-refractivity contribution < 1.29 is 18.3 Å². The second kappa shape index (κ2) is 6.07. The molecule has 2 aliphatic rings. The molecule has 1 heterocycles. The summed E-state index contributed by atoms with van der Waals surface area (Å²) < 4.78 is 28.1. The third-order valence-electron chi connectivity index (χ3n) is 5.72. The van der Waals surface area contributed by atoms with Gasteiger partial charge in [0.1, 0.15) is 0 Å². The molecule has 1 fully saturated rings. The maximum Gasteiger partial charge on any atom is 0.240 e. The quantitative estimate of drug-likeness (QED) is 0.831. The van der Waals surface area contributed by atoms with Crippen LogP contribution in [0.4, 0.5) is 5.69 Å². The van der Waals surface area contributed by atoms with E-state index in [0.29, 0.717) is 6.42 Å². The molecule has 0 spiro atoms. The molecule has 1 aliphatic carbocycles. The number of fused-ring (bicyclic) bond motifs is 1. The molecule has 0 atom stereocenters. The highest BCUT2D eigenvalue weighted by Gasteiger charge is 2.38. The summed E-state index contributed by atoms with van der Waals surface area (Å²) in [5.41, 5.74) is 0.891. The van der Waals surface area contributed by atoms with Crippen molar-refractivity contribution in [3.8, 4) is 0 Å². The van der Waals surface area contributed by atoms with Gasteiger partial charge in [0, 0.05) is 43.1 Å². The zero-order chi connectivity index (χ0) is 18.5. The third kappa shape index (κ3) is 3.20. The van der Waals surface area contributed by atoms with Crippen LogP contribution >= 0.6 is 0 Å². The summed E-state index contributed by atoms with van der Waals surface area (Å²) in [4.78, 5) is 13.9. The molecule has 1 aliphatic heterocycles. The Morgan fingerprint density at radius 2 is 1.96 bits per heavy atom. The first-order valence-corrected chi connectivity index (χ1v) is 10.1. The Morgan fingerprint density at radius 1 is 1.28 bits per heavy atom. The van der Waals surface area contributed by atoms with Crippen LogP contribution in [0.1, 0.15) is 45.1 Å². The fourth-order valence-corrected chi connectivity index (χ4v) is 4.83. The van der Waals surface area contributed by atoms with Gasteiger partial charge in [0.2, 0.25) is 15.9 Å². The number of nitrogens with zero attached hydrogens (tertiary/aromatic N) is 1. The number of rotatable bonds is 5. The zero-order valence-corrected chi connectivity index (χ0v) is 15.8. The number of aliphatic hydroxyl groups excluding tert-OH is 1. The van der Waals surface area contributed by atoms with Crippen molar-refractivity contribution in [3.63, 3.8) is 0 Å². The molecule has 7 heteroatoms. The van der Waals surface area contributed by atoms with E-state index in [-0.39, 0.29) is 29.4 Å². The van der Waals surface area contributed by atoms with Crippen molar-refractivity contribution in [3.05, 3.63) is 23.8 Å². The summed E-state index contributed by atoms with van der Waals surface area (Å²) in [6, 6.07) is 4.92. The first-order chi connectivity index (χ1) is 11.6. The molecule has 0 bridgehead atoms. The average Bonchev–Trinajstić information content (AvgIpc) is 2.51. The van der Waals surface area contributed by atoms with Gasteiger partial charge in [0.05, 0.1) is 4.90 Å². The van der Waals surface area contributed by atoms with Crippen LogP contribution in [0.5, 0.6) is 0 Å². The van der Waals surface area contributed by atoms with E-state index in [1.807, 2.05) is 13.8 Å². The van der Waals surface area contributed by atoms with E-state index < -0.39 is 15.4 Å². The molecule has 3 rings (SSSR count). The Labute approximate surface area is 149 Å². The standard InChI is InChI=1S/C18H26N2O4S/c1-17(2)10-16(22)20(3)15-6-5-13(9-14(15)17)25(23,24)19-11-18(12-21)7-4-8-18/h5-6,9,19,21H,4,7-8,10-12H2,1-3H3. The van der Waals surface area contributed by atoms with Gasteiger partial charge in [-0.1, -0.05) is 20.3 Å². The van der Waals surface area contributed by atoms with Crippen LogP contribution in [0.3, 0.4) is 0 Å². The first kappa shape index (κ1) is 18.4. The minimum atomic E-state index is -3.66. The van der Waals surface area contributed by atoms with Gasteiger partial charge in [-0.2, -0.15) is 0 Å². The maximum atomic E-state index is 12.7. The molecule has 0 saturated heterocycles. The number of hydrogen-bond acceptors (Lipinski definition) is 4. The lowest BCUT2D eigenvalue weighted by Crippen LogP contribution is -2.44. The SMILES string of the molecule is CN1C(=O)CC(C)(C)c2cc(S(=O)(=O)NCC3(CO)CCC3)ccc21. The van der Waals surface area contributed by atoms with Crippen LogP contribution in [0.15, 0.2) is 23.1 Å². The average molecular weight is 366 g/mol. The third-order valence-corrected chi connectivity index (χ3v) is 7.12. The fraction of sp³-hybridized carbons (Fsp3) is 0.611. The molecule has 2 N–H and O–H groups in total. The van der Waals surface area contributed by atoms with Crippen molar-refractivity contribution in [2.45, 2.75) is 49.8 Å². The summed E-state index contributed by atoms with van der Waals surface area (Å²) >= 11 is 0. The number of carbonyl (C=O) groups excluding carboxylic acids is 1. The molecule has 138 valence electrons. The van der Waals surface area contributed by atoms with Crippen molar-refractivity contribution in [1.82, 2.24) is 4.72 Å². The maximum absolute atomic E-state index is 12.7. The second-order valence-corrected chi connectivity index (χ2v) is 9.80. The van der Waals surface area contributed by atoms with E-state index in [1.54, 1.807) is 30.1 Å². The summed E-state index contributed by atoms with van der Waals surface area (Å²) in [5, 5.41) is 9.51. The van der Waals surface area contributed by atoms with E-state index in [1.165, 1.54) is 0 Å². The van der Waals surface area contributed by atoms with Gasteiger partial charge in [-0.15, -0.1) is 0 Å². The predicted molar refractivity (Wildman–Crippen MR) is 96.1 cm³/mol. The summed E-state index contributed by atoms with van der Waals surface area (Å²) in [7, 11) is -1.95. The summed E-state index contributed by atoms with van der Waals surface area (Å²) in [6.07, 6.45) is 3.06. The fourth-order valence-electron chi connectivity index (χ4n) is 3.64. The Kier molecular flexibility index (Phi) is 4.46. The Balaban J connectivity index is 1.89. The lowest BCUT2D eigenvalue weighted by Gasteiger charge is -2.40. The highest BCUT2D eigenvalue weighted by molar-refractivity contribution is 7.89. The lowest BCUT2D eigenvalue weighted by atomic mass is 9.69.